The molecule has 0 saturated carbocycles. The second kappa shape index (κ2) is 22.2. The average Bonchev–Trinajstić information content (AvgIpc) is 3.51. The summed E-state index contributed by atoms with van der Waals surface area (Å²) in [7, 11) is -1.52. The minimum Gasteiger partial charge on any atom is -0.346 e. The van der Waals surface area contributed by atoms with Crippen LogP contribution in [0.4, 0.5) is 4.39 Å². The quantitative estimate of drug-likeness (QED) is 0.0779. The van der Waals surface area contributed by atoms with Crippen molar-refractivity contribution in [2.45, 2.75) is 175 Å². The fourth-order valence-electron chi connectivity index (χ4n) is 6.03. The van der Waals surface area contributed by atoms with Crippen LogP contribution in [0.15, 0.2) is 15.8 Å². The molecule has 1 aromatic rings. The average molecular weight is 701 g/mol. The molecule has 2 unspecified atom stereocenters. The van der Waals surface area contributed by atoms with E-state index in [1.54, 1.807) is 13.8 Å². The third kappa shape index (κ3) is 13.9. The highest BCUT2D eigenvalue weighted by molar-refractivity contribution is 7.44. The highest BCUT2D eigenvalue weighted by atomic mass is 31.2. The van der Waals surface area contributed by atoms with Crippen molar-refractivity contribution in [2.75, 3.05) is 19.8 Å². The first-order chi connectivity index (χ1) is 22.9. The lowest BCUT2D eigenvalue weighted by molar-refractivity contribution is -0.200. The standard InChI is InChI=1S/C21H32FN4O7P.C14H30/c1-12(2)26(13(3)4)34(29-9-8-23-7)30-11-15-16-17(33-21(5,6)32-16)19(31-15)25-10-14(22)18(27)24-20(25)28;1-3-5-7-9-11-13-14-12-10-8-6-4-2/h10,12-13,15-17,19H,8-9,11H2,1-6H3,(H,24,27,28);3-14H2,1-2H3/t15-,16?,17+,19-,34?;/m1./s1. The Morgan fingerprint density at radius 3 is 1.96 bits per heavy atom. The van der Waals surface area contributed by atoms with Crippen LogP contribution in [-0.4, -0.2) is 70.2 Å². The van der Waals surface area contributed by atoms with Gasteiger partial charge in [-0.2, -0.15) is 4.39 Å². The fourth-order valence-corrected chi connectivity index (χ4v) is 7.63. The molecule has 1 aromatic heterocycles. The Morgan fingerprint density at radius 1 is 0.938 bits per heavy atom. The molecule has 3 heterocycles. The van der Waals surface area contributed by atoms with Crippen molar-refractivity contribution in [3.05, 3.63) is 44.3 Å². The van der Waals surface area contributed by atoms with E-state index in [2.05, 4.69) is 23.4 Å². The molecule has 276 valence electrons. The van der Waals surface area contributed by atoms with Crippen LogP contribution in [0.1, 0.15) is 139 Å². The summed E-state index contributed by atoms with van der Waals surface area (Å²) >= 11 is 0. The highest BCUT2D eigenvalue weighted by Gasteiger charge is 2.56. The molecule has 11 nitrogen and oxygen atoms in total. The molecule has 2 saturated heterocycles. The number of H-pyrrole nitrogens is 1. The molecule has 0 radical (unpaired) electrons. The summed E-state index contributed by atoms with van der Waals surface area (Å²) < 4.78 is 47.1. The second-order valence-electron chi connectivity index (χ2n) is 13.6. The molecule has 0 amide bonds. The number of aromatic nitrogens is 2. The number of halogens is 1. The first kappa shape index (κ1) is 42.5. The Bertz CT molecular complexity index is 1180. The van der Waals surface area contributed by atoms with Crippen molar-refractivity contribution < 1.29 is 27.6 Å². The van der Waals surface area contributed by atoms with Gasteiger partial charge in [-0.05, 0) is 41.5 Å². The fraction of sp³-hybridized carbons (Fsp3) is 0.857. The Balaban J connectivity index is 0.000000482. The molecular weight excluding hydrogens is 638 g/mol. The van der Waals surface area contributed by atoms with E-state index < -0.39 is 55.9 Å². The molecule has 5 atom stereocenters. The maximum atomic E-state index is 14.0. The second-order valence-corrected chi connectivity index (χ2v) is 15.1. The minimum atomic E-state index is -1.52. The molecule has 0 spiro atoms. The zero-order valence-corrected chi connectivity index (χ0v) is 31.6. The number of rotatable bonds is 21. The van der Waals surface area contributed by atoms with Gasteiger partial charge in [0.05, 0.1) is 12.8 Å². The molecule has 3 rings (SSSR count). The molecule has 13 heteroatoms. The molecule has 48 heavy (non-hydrogen) atoms. The number of hydrogen-bond acceptors (Lipinski definition) is 8. The van der Waals surface area contributed by atoms with Crippen molar-refractivity contribution in [1.29, 1.82) is 0 Å². The number of aromatic amines is 1. The Labute approximate surface area is 289 Å². The van der Waals surface area contributed by atoms with Gasteiger partial charge in [0.25, 0.3) is 14.1 Å². The van der Waals surface area contributed by atoms with Crippen LogP contribution in [0.25, 0.3) is 4.85 Å². The van der Waals surface area contributed by atoms with Gasteiger partial charge in [-0.3, -0.25) is 14.3 Å². The van der Waals surface area contributed by atoms with E-state index in [0.29, 0.717) is 0 Å². The van der Waals surface area contributed by atoms with Crippen molar-refractivity contribution in [2.24, 2.45) is 0 Å². The van der Waals surface area contributed by atoms with E-state index in [1.165, 1.54) is 77.0 Å². The van der Waals surface area contributed by atoms with Crippen LogP contribution in [0.5, 0.6) is 0 Å². The summed E-state index contributed by atoms with van der Waals surface area (Å²) in [5.74, 6) is -2.07. The topological polar surface area (TPSA) is 109 Å². The van der Waals surface area contributed by atoms with Gasteiger partial charge in [0.15, 0.2) is 12.0 Å². The summed E-state index contributed by atoms with van der Waals surface area (Å²) in [6.07, 6.45) is 15.2. The largest absolute Gasteiger partial charge is 0.346 e. The number of unbranched alkanes of at least 4 members (excludes halogenated alkanes) is 11. The Hall–Kier alpha value is -1.71. The summed E-state index contributed by atoms with van der Waals surface area (Å²) in [5.41, 5.74) is -1.93. The monoisotopic (exact) mass is 700 g/mol. The van der Waals surface area contributed by atoms with E-state index >= 15 is 0 Å². The number of nitrogens with zero attached hydrogens (tertiary/aromatic N) is 3. The van der Waals surface area contributed by atoms with Gasteiger partial charge in [-0.1, -0.05) is 90.9 Å². The normalized spacial score (nSPS) is 22.1. The van der Waals surface area contributed by atoms with Gasteiger partial charge in [0.1, 0.15) is 24.9 Å². The zero-order chi connectivity index (χ0) is 35.7. The lowest BCUT2D eigenvalue weighted by atomic mass is 10.1. The van der Waals surface area contributed by atoms with E-state index in [1.807, 2.05) is 32.7 Å². The molecule has 2 aliphatic rings. The molecule has 2 aliphatic heterocycles. The van der Waals surface area contributed by atoms with Crippen LogP contribution in [0.3, 0.4) is 0 Å². The lowest BCUT2D eigenvalue weighted by Gasteiger charge is -2.36. The molecular formula is C35H62FN4O7P. The number of fused-ring (bicyclic) bond motifs is 1. The maximum Gasteiger partial charge on any atom is 0.330 e. The smallest absolute Gasteiger partial charge is 0.330 e. The van der Waals surface area contributed by atoms with Gasteiger partial charge in [-0.15, -0.1) is 0 Å². The van der Waals surface area contributed by atoms with Crippen molar-refractivity contribution in [3.63, 3.8) is 0 Å². The predicted octanol–water partition coefficient (Wildman–Crippen LogP) is 8.10. The lowest BCUT2D eigenvalue weighted by Crippen LogP contribution is -2.38. The van der Waals surface area contributed by atoms with E-state index in [-0.39, 0.29) is 31.8 Å². The maximum absolute atomic E-state index is 14.0. The van der Waals surface area contributed by atoms with Gasteiger partial charge in [-0.25, -0.2) is 16.0 Å². The first-order valence-electron chi connectivity index (χ1n) is 18.1. The summed E-state index contributed by atoms with van der Waals surface area (Å²) in [4.78, 5) is 29.1. The van der Waals surface area contributed by atoms with Crippen LogP contribution in [0, 0.1) is 12.4 Å². The van der Waals surface area contributed by atoms with Crippen molar-refractivity contribution in [3.8, 4) is 0 Å². The first-order valence-corrected chi connectivity index (χ1v) is 19.2. The van der Waals surface area contributed by atoms with Crippen LogP contribution in [0.2, 0.25) is 0 Å². The molecule has 0 bridgehead atoms. The molecule has 2 fully saturated rings. The summed E-state index contributed by atoms with van der Waals surface area (Å²) in [6, 6.07) is 0.244. The van der Waals surface area contributed by atoms with E-state index in [9.17, 15) is 14.0 Å². The van der Waals surface area contributed by atoms with Crippen LogP contribution < -0.4 is 11.2 Å². The van der Waals surface area contributed by atoms with Gasteiger partial charge < -0.3 is 28.1 Å². The van der Waals surface area contributed by atoms with Crippen LogP contribution in [-0.2, 0) is 23.3 Å². The van der Waals surface area contributed by atoms with E-state index in [0.717, 1.165) is 10.8 Å². The van der Waals surface area contributed by atoms with Gasteiger partial charge in [0.2, 0.25) is 12.4 Å². The Kier molecular flexibility index (Phi) is 19.6. The summed E-state index contributed by atoms with van der Waals surface area (Å²) in [6.45, 7) is 23.6. The molecule has 1 N–H and O–H groups in total. The van der Waals surface area contributed by atoms with Crippen LogP contribution >= 0.6 is 8.53 Å². The number of hydrogen-bond donors (Lipinski definition) is 1. The van der Waals surface area contributed by atoms with Crippen molar-refractivity contribution in [1.82, 2.24) is 14.2 Å². The number of ether oxygens (including phenoxy) is 3. The zero-order valence-electron chi connectivity index (χ0n) is 30.7. The molecule has 0 aromatic carbocycles. The Morgan fingerprint density at radius 2 is 1.46 bits per heavy atom. The SMILES string of the molecule is CCCCCCCCCCCCCC.[C-]#[N+]CCOP(OC[C@H]1O[C@@H](n2cc(F)c(=O)[nH]c2=O)[C@H]2OC(C)(C)OC12)N(C(C)C)C(C)C. The minimum absolute atomic E-state index is 0.0529. The van der Waals surface area contributed by atoms with Gasteiger partial charge >= 0.3 is 5.69 Å². The number of nitrogens with one attached hydrogen (secondary N) is 1. The highest BCUT2D eigenvalue weighted by Crippen LogP contribution is 2.48. The summed E-state index contributed by atoms with van der Waals surface area (Å²) in [5, 5.41) is 0. The third-order valence-corrected chi connectivity index (χ3v) is 10.4. The molecule has 0 aliphatic carbocycles. The van der Waals surface area contributed by atoms with Crippen molar-refractivity contribution >= 4 is 8.53 Å². The van der Waals surface area contributed by atoms with Gasteiger partial charge in [0, 0.05) is 12.1 Å². The van der Waals surface area contributed by atoms with E-state index in [4.69, 9.17) is 29.8 Å². The third-order valence-electron chi connectivity index (χ3n) is 8.28. The predicted molar refractivity (Wildman–Crippen MR) is 188 cm³/mol.